The minimum absolute atomic E-state index is 0.00719. The first-order valence-corrected chi connectivity index (χ1v) is 15.1. The summed E-state index contributed by atoms with van der Waals surface area (Å²) in [6, 6.07) is 7.02. The predicted octanol–water partition coefficient (Wildman–Crippen LogP) is 1.70. The molecule has 3 fully saturated rings. The van der Waals surface area contributed by atoms with Crippen LogP contribution in [0.4, 0.5) is 4.39 Å². The van der Waals surface area contributed by atoms with E-state index in [1.54, 1.807) is 17.0 Å². The van der Waals surface area contributed by atoms with E-state index >= 15 is 0 Å². The van der Waals surface area contributed by atoms with Crippen molar-refractivity contribution in [2.45, 2.75) is 89.5 Å². The van der Waals surface area contributed by atoms with Crippen LogP contribution in [0.25, 0.3) is 0 Å². The highest BCUT2D eigenvalue weighted by atomic mass is 19.1. The molecule has 0 aromatic heterocycles. The van der Waals surface area contributed by atoms with Gasteiger partial charge in [-0.05, 0) is 43.2 Å². The van der Waals surface area contributed by atoms with Crippen molar-refractivity contribution in [1.82, 2.24) is 25.8 Å². The number of halogens is 1. The average Bonchev–Trinajstić information content (AvgIpc) is 3.34. The molecule has 3 heterocycles. The molecule has 3 aliphatic rings. The second-order valence-electron chi connectivity index (χ2n) is 13.1. The fourth-order valence-corrected chi connectivity index (χ4v) is 5.99. The Kier molecular flexibility index (Phi) is 10.3. The number of para-hydroxylation sites is 1. The summed E-state index contributed by atoms with van der Waals surface area (Å²) >= 11 is 0. The summed E-state index contributed by atoms with van der Waals surface area (Å²) in [6.45, 7) is 6.24. The highest BCUT2D eigenvalue weighted by Crippen LogP contribution is 2.29. The van der Waals surface area contributed by atoms with Crippen LogP contribution in [0.1, 0.15) is 65.7 Å². The van der Waals surface area contributed by atoms with E-state index in [4.69, 9.17) is 4.74 Å². The molecule has 3 N–H and O–H groups in total. The molecule has 43 heavy (non-hydrogen) atoms. The van der Waals surface area contributed by atoms with Crippen LogP contribution in [-0.4, -0.2) is 95.9 Å². The lowest BCUT2D eigenvalue weighted by atomic mass is 9.83. The maximum absolute atomic E-state index is 14.7. The van der Waals surface area contributed by atoms with Gasteiger partial charge in [0, 0.05) is 38.9 Å². The first-order chi connectivity index (χ1) is 20.3. The van der Waals surface area contributed by atoms with E-state index in [2.05, 4.69) is 16.0 Å². The number of amides is 5. The molecule has 0 saturated carbocycles. The van der Waals surface area contributed by atoms with Crippen molar-refractivity contribution in [3.63, 3.8) is 0 Å². The number of ether oxygens (including phenoxy) is 1. The normalized spacial score (nSPS) is 25.0. The number of rotatable bonds is 5. The molecule has 1 spiro atoms. The molecule has 0 radical (unpaired) electrons. The lowest BCUT2D eigenvalue weighted by Gasteiger charge is -2.43. The third kappa shape index (κ3) is 8.90. The molecule has 3 saturated heterocycles. The molecule has 0 bridgehead atoms. The van der Waals surface area contributed by atoms with Crippen molar-refractivity contribution in [2.75, 3.05) is 32.8 Å². The van der Waals surface area contributed by atoms with Gasteiger partial charge in [0.25, 0.3) is 5.91 Å². The number of nitrogens with one attached hydrogen (secondary N) is 3. The van der Waals surface area contributed by atoms with E-state index < -0.39 is 35.6 Å². The van der Waals surface area contributed by atoms with Gasteiger partial charge in [-0.3, -0.25) is 24.0 Å². The minimum Gasteiger partial charge on any atom is -0.484 e. The van der Waals surface area contributed by atoms with Gasteiger partial charge in [0.05, 0.1) is 12.1 Å². The maximum Gasteiger partial charge on any atom is 0.260 e. The summed E-state index contributed by atoms with van der Waals surface area (Å²) in [5.74, 6) is -1.22. The van der Waals surface area contributed by atoms with Crippen LogP contribution in [0.2, 0.25) is 0 Å². The maximum atomic E-state index is 14.7. The van der Waals surface area contributed by atoms with Gasteiger partial charge in [-0.2, -0.15) is 0 Å². The van der Waals surface area contributed by atoms with Crippen LogP contribution in [0.3, 0.4) is 0 Å². The van der Waals surface area contributed by atoms with E-state index in [0.29, 0.717) is 38.1 Å². The second-order valence-corrected chi connectivity index (χ2v) is 13.1. The van der Waals surface area contributed by atoms with Gasteiger partial charge >= 0.3 is 0 Å². The van der Waals surface area contributed by atoms with E-state index in [0.717, 1.165) is 0 Å². The number of hydrogen-bond acceptors (Lipinski definition) is 6. The molecule has 0 unspecified atom stereocenters. The summed E-state index contributed by atoms with van der Waals surface area (Å²) in [4.78, 5) is 68.8. The zero-order valence-electron chi connectivity index (χ0n) is 25.3. The molecule has 236 valence electrons. The molecular weight excluding hydrogens is 557 g/mol. The largest absolute Gasteiger partial charge is 0.484 e. The van der Waals surface area contributed by atoms with Crippen molar-refractivity contribution in [2.24, 2.45) is 5.41 Å². The molecule has 5 amide bonds. The van der Waals surface area contributed by atoms with Crippen molar-refractivity contribution in [1.29, 1.82) is 0 Å². The van der Waals surface area contributed by atoms with E-state index in [-0.39, 0.29) is 68.5 Å². The summed E-state index contributed by atoms with van der Waals surface area (Å²) in [5, 5.41) is 8.67. The highest BCUT2D eigenvalue weighted by Gasteiger charge is 2.46. The Balaban J connectivity index is 1.46. The van der Waals surface area contributed by atoms with Crippen LogP contribution < -0.4 is 20.7 Å². The van der Waals surface area contributed by atoms with E-state index in [1.165, 1.54) is 4.90 Å². The number of hydrogen-bond donors (Lipinski definition) is 3. The quantitative estimate of drug-likeness (QED) is 0.470. The lowest BCUT2D eigenvalue weighted by Crippen LogP contribution is -2.61. The Hall–Kier alpha value is -3.70. The standard InChI is InChI=1S/C31H44FN5O6/c1-30(2,3)17-26(39)34-23-10-7-13-33-25(38)18-31(35-28(41)24-16-21(32)19-37(24)29(23)42)11-14-36(15-12-31)27(40)20-43-22-8-5-4-6-9-22/h4-6,8-9,21,23-24H,7,10-20H2,1-3H3,(H,33,38)(H,34,39)(H,35,41)/t21-,23-,24-/m0/s1. The first-order valence-electron chi connectivity index (χ1n) is 15.1. The fourth-order valence-electron chi connectivity index (χ4n) is 5.99. The van der Waals surface area contributed by atoms with Crippen molar-refractivity contribution >= 4 is 29.5 Å². The number of nitrogens with zero attached hydrogens (tertiary/aromatic N) is 2. The van der Waals surface area contributed by atoms with Crippen molar-refractivity contribution < 1.29 is 33.1 Å². The SMILES string of the molecule is CC(C)(C)CC(=O)N[C@H]1CCCNC(=O)CC2(CCN(C(=O)COc3ccccc3)CC2)NC(=O)[C@@H]2C[C@H](F)CN2C1=O. The molecule has 12 heteroatoms. The smallest absolute Gasteiger partial charge is 0.260 e. The van der Waals surface area contributed by atoms with Gasteiger partial charge in [0.15, 0.2) is 6.61 Å². The number of carbonyl (C=O) groups is 5. The second kappa shape index (κ2) is 13.7. The van der Waals surface area contributed by atoms with Crippen LogP contribution in [0.15, 0.2) is 30.3 Å². The third-order valence-electron chi connectivity index (χ3n) is 8.22. The summed E-state index contributed by atoms with van der Waals surface area (Å²) in [5.41, 5.74) is -1.26. The van der Waals surface area contributed by atoms with Crippen LogP contribution in [0, 0.1) is 5.41 Å². The Bertz CT molecular complexity index is 1180. The van der Waals surface area contributed by atoms with Crippen LogP contribution in [-0.2, 0) is 24.0 Å². The molecule has 4 rings (SSSR count). The minimum atomic E-state index is -1.39. The number of likely N-dealkylation sites (tertiary alicyclic amines) is 1. The lowest BCUT2D eigenvalue weighted by molar-refractivity contribution is -0.143. The number of piperidine rings is 1. The van der Waals surface area contributed by atoms with Crippen LogP contribution >= 0.6 is 0 Å². The number of alkyl halides is 1. The van der Waals surface area contributed by atoms with Gasteiger partial charge in [-0.15, -0.1) is 0 Å². The Morgan fingerprint density at radius 3 is 2.49 bits per heavy atom. The number of benzene rings is 1. The Labute approximate surface area is 252 Å². The van der Waals surface area contributed by atoms with Gasteiger partial charge in [0.1, 0.15) is 24.0 Å². The Morgan fingerprint density at radius 2 is 1.81 bits per heavy atom. The summed E-state index contributed by atoms with van der Waals surface area (Å²) < 4.78 is 20.3. The molecular formula is C31H44FN5O6. The van der Waals surface area contributed by atoms with Gasteiger partial charge in [0.2, 0.25) is 23.6 Å². The molecule has 11 nitrogen and oxygen atoms in total. The molecule has 1 aromatic rings. The van der Waals surface area contributed by atoms with Crippen molar-refractivity contribution in [3.8, 4) is 5.75 Å². The number of carbonyl (C=O) groups excluding carboxylic acids is 5. The average molecular weight is 602 g/mol. The third-order valence-corrected chi connectivity index (χ3v) is 8.22. The molecule has 3 atom stereocenters. The molecule has 3 aliphatic heterocycles. The molecule has 1 aromatic carbocycles. The summed E-state index contributed by atoms with van der Waals surface area (Å²) in [6.07, 6.45) is -0.0808. The van der Waals surface area contributed by atoms with Gasteiger partial charge in [-0.1, -0.05) is 39.0 Å². The zero-order chi connectivity index (χ0) is 31.2. The molecule has 0 aliphatic carbocycles. The number of fused-ring (bicyclic) bond motifs is 1. The van der Waals surface area contributed by atoms with E-state index in [1.807, 2.05) is 39.0 Å². The first kappa shape index (κ1) is 32.2. The highest BCUT2D eigenvalue weighted by molar-refractivity contribution is 5.93. The van der Waals surface area contributed by atoms with Crippen molar-refractivity contribution in [3.05, 3.63) is 30.3 Å². The predicted molar refractivity (Wildman–Crippen MR) is 157 cm³/mol. The van der Waals surface area contributed by atoms with Crippen LogP contribution in [0.5, 0.6) is 5.75 Å². The zero-order valence-corrected chi connectivity index (χ0v) is 25.3. The Morgan fingerprint density at radius 1 is 1.12 bits per heavy atom. The summed E-state index contributed by atoms with van der Waals surface area (Å²) in [7, 11) is 0. The van der Waals surface area contributed by atoms with Gasteiger partial charge < -0.3 is 30.5 Å². The topological polar surface area (TPSA) is 137 Å². The van der Waals surface area contributed by atoms with Gasteiger partial charge in [-0.25, -0.2) is 4.39 Å². The monoisotopic (exact) mass is 601 g/mol. The van der Waals surface area contributed by atoms with E-state index in [9.17, 15) is 28.4 Å². The fraction of sp³-hybridized carbons (Fsp3) is 0.645.